The molecule has 0 bridgehead atoms. The largest absolute Gasteiger partial charge is 0.245 e. The van der Waals surface area contributed by atoms with Gasteiger partial charge in [0.2, 0.25) is 0 Å². The SMILES string of the molecule is CN1Cc2c(Br)cccc2S1. The highest BCUT2D eigenvalue weighted by atomic mass is 79.9. The Labute approximate surface area is 79.0 Å². The van der Waals surface area contributed by atoms with Crippen LogP contribution in [0.25, 0.3) is 0 Å². The van der Waals surface area contributed by atoms with Gasteiger partial charge in [-0.15, -0.1) is 0 Å². The molecule has 0 amide bonds. The minimum absolute atomic E-state index is 1.04. The third-order valence-electron chi connectivity index (χ3n) is 1.71. The Bertz CT molecular complexity index is 287. The Morgan fingerprint density at radius 1 is 1.55 bits per heavy atom. The molecule has 1 aromatic rings. The summed E-state index contributed by atoms with van der Waals surface area (Å²) in [5, 5.41) is 0. The Morgan fingerprint density at radius 2 is 2.36 bits per heavy atom. The quantitative estimate of drug-likeness (QED) is 0.630. The fraction of sp³-hybridized carbons (Fsp3) is 0.250. The lowest BCUT2D eigenvalue weighted by atomic mass is 10.2. The van der Waals surface area contributed by atoms with E-state index in [4.69, 9.17) is 0 Å². The first-order valence-corrected chi connectivity index (χ1v) is 5.00. The van der Waals surface area contributed by atoms with Crippen molar-refractivity contribution in [3.8, 4) is 0 Å². The van der Waals surface area contributed by atoms with Crippen molar-refractivity contribution >= 4 is 27.9 Å². The molecule has 1 aliphatic heterocycles. The van der Waals surface area contributed by atoms with Crippen LogP contribution >= 0.6 is 27.9 Å². The zero-order valence-corrected chi connectivity index (χ0v) is 8.58. The fourth-order valence-corrected chi connectivity index (χ4v) is 2.78. The molecule has 2 rings (SSSR count). The van der Waals surface area contributed by atoms with E-state index in [0.29, 0.717) is 0 Å². The first-order valence-electron chi connectivity index (χ1n) is 3.44. The summed E-state index contributed by atoms with van der Waals surface area (Å²) in [7, 11) is 2.11. The van der Waals surface area contributed by atoms with Gasteiger partial charge in [-0.2, -0.15) is 0 Å². The molecule has 0 unspecified atom stereocenters. The molecule has 0 atom stereocenters. The minimum atomic E-state index is 1.04. The van der Waals surface area contributed by atoms with Crippen LogP contribution in [0.3, 0.4) is 0 Å². The molecule has 11 heavy (non-hydrogen) atoms. The van der Waals surface area contributed by atoms with Crippen LogP contribution in [0, 0.1) is 0 Å². The predicted octanol–water partition coefficient (Wildman–Crippen LogP) is 2.90. The van der Waals surface area contributed by atoms with Gasteiger partial charge in [-0.05, 0) is 36.7 Å². The van der Waals surface area contributed by atoms with Gasteiger partial charge in [0, 0.05) is 15.9 Å². The lowest BCUT2D eigenvalue weighted by molar-refractivity contribution is 0.580. The van der Waals surface area contributed by atoms with Crippen molar-refractivity contribution in [2.24, 2.45) is 0 Å². The Kier molecular flexibility index (Phi) is 1.95. The van der Waals surface area contributed by atoms with Gasteiger partial charge in [-0.1, -0.05) is 22.0 Å². The molecule has 0 saturated carbocycles. The van der Waals surface area contributed by atoms with Crippen LogP contribution in [0.5, 0.6) is 0 Å². The van der Waals surface area contributed by atoms with Gasteiger partial charge >= 0.3 is 0 Å². The number of nitrogens with zero attached hydrogens (tertiary/aromatic N) is 1. The van der Waals surface area contributed by atoms with E-state index in [1.807, 2.05) is 11.9 Å². The summed E-state index contributed by atoms with van der Waals surface area (Å²) >= 11 is 5.34. The van der Waals surface area contributed by atoms with E-state index in [1.165, 1.54) is 14.9 Å². The van der Waals surface area contributed by atoms with Crippen molar-refractivity contribution in [2.75, 3.05) is 7.05 Å². The fourth-order valence-electron chi connectivity index (χ4n) is 1.20. The van der Waals surface area contributed by atoms with Crippen LogP contribution in [-0.2, 0) is 6.54 Å². The molecular weight excluding hydrogens is 222 g/mol. The predicted molar refractivity (Wildman–Crippen MR) is 51.5 cm³/mol. The number of fused-ring (bicyclic) bond motifs is 1. The maximum atomic E-state index is 3.53. The van der Waals surface area contributed by atoms with Crippen LogP contribution in [0.1, 0.15) is 5.56 Å². The number of halogens is 1. The van der Waals surface area contributed by atoms with Gasteiger partial charge < -0.3 is 0 Å². The van der Waals surface area contributed by atoms with E-state index in [-0.39, 0.29) is 0 Å². The van der Waals surface area contributed by atoms with Crippen molar-refractivity contribution in [2.45, 2.75) is 11.4 Å². The minimum Gasteiger partial charge on any atom is -0.245 e. The lowest BCUT2D eigenvalue weighted by Crippen LogP contribution is -2.00. The van der Waals surface area contributed by atoms with Gasteiger partial charge in [0.15, 0.2) is 0 Å². The molecule has 0 radical (unpaired) electrons. The van der Waals surface area contributed by atoms with Crippen molar-refractivity contribution < 1.29 is 0 Å². The average molecular weight is 230 g/mol. The van der Waals surface area contributed by atoms with E-state index >= 15 is 0 Å². The third kappa shape index (κ3) is 1.33. The summed E-state index contributed by atoms with van der Waals surface area (Å²) < 4.78 is 3.46. The number of benzene rings is 1. The van der Waals surface area contributed by atoms with E-state index in [0.717, 1.165) is 6.54 Å². The Hall–Kier alpha value is 0.01000. The van der Waals surface area contributed by atoms with Crippen molar-refractivity contribution in [3.05, 3.63) is 28.2 Å². The van der Waals surface area contributed by atoms with E-state index in [1.54, 1.807) is 0 Å². The molecule has 1 heterocycles. The molecule has 3 heteroatoms. The molecule has 0 aromatic heterocycles. The second kappa shape index (κ2) is 2.81. The normalized spacial score (nSPS) is 16.9. The van der Waals surface area contributed by atoms with E-state index in [2.05, 4.69) is 45.5 Å². The summed E-state index contributed by atoms with van der Waals surface area (Å²) in [6, 6.07) is 6.34. The molecule has 1 aromatic carbocycles. The zero-order chi connectivity index (χ0) is 7.84. The van der Waals surface area contributed by atoms with Crippen LogP contribution in [0.15, 0.2) is 27.6 Å². The molecule has 0 saturated heterocycles. The van der Waals surface area contributed by atoms with Crippen molar-refractivity contribution in [1.29, 1.82) is 0 Å². The van der Waals surface area contributed by atoms with Crippen molar-refractivity contribution in [3.63, 3.8) is 0 Å². The highest BCUT2D eigenvalue weighted by molar-refractivity contribution is 9.10. The number of hydrogen-bond acceptors (Lipinski definition) is 2. The van der Waals surface area contributed by atoms with Gasteiger partial charge in [0.25, 0.3) is 0 Å². The summed E-state index contributed by atoms with van der Waals surface area (Å²) in [5.74, 6) is 0. The first kappa shape index (κ1) is 7.65. The van der Waals surface area contributed by atoms with Gasteiger partial charge in [-0.25, -0.2) is 4.31 Å². The third-order valence-corrected chi connectivity index (χ3v) is 3.47. The van der Waals surface area contributed by atoms with Crippen LogP contribution < -0.4 is 0 Å². The van der Waals surface area contributed by atoms with Crippen LogP contribution in [-0.4, -0.2) is 11.4 Å². The summed E-state index contributed by atoms with van der Waals surface area (Å²) in [6.45, 7) is 1.04. The van der Waals surface area contributed by atoms with Crippen molar-refractivity contribution in [1.82, 2.24) is 4.31 Å². The second-order valence-corrected chi connectivity index (χ2v) is 4.69. The molecule has 1 nitrogen and oxygen atoms in total. The van der Waals surface area contributed by atoms with E-state index in [9.17, 15) is 0 Å². The monoisotopic (exact) mass is 229 g/mol. The average Bonchev–Trinajstić information content (AvgIpc) is 2.31. The smallest absolute Gasteiger partial charge is 0.0363 e. The van der Waals surface area contributed by atoms with Gasteiger partial charge in [0.05, 0.1) is 0 Å². The Morgan fingerprint density at radius 3 is 3.09 bits per heavy atom. The van der Waals surface area contributed by atoms with E-state index < -0.39 is 0 Å². The topological polar surface area (TPSA) is 3.24 Å². The second-order valence-electron chi connectivity index (χ2n) is 2.59. The van der Waals surface area contributed by atoms with Crippen LogP contribution in [0.2, 0.25) is 0 Å². The molecule has 0 N–H and O–H groups in total. The Balaban J connectivity index is 2.49. The van der Waals surface area contributed by atoms with Crippen LogP contribution in [0.4, 0.5) is 0 Å². The maximum Gasteiger partial charge on any atom is 0.0363 e. The summed E-state index contributed by atoms with van der Waals surface area (Å²) in [4.78, 5) is 1.38. The zero-order valence-electron chi connectivity index (χ0n) is 6.17. The summed E-state index contributed by atoms with van der Waals surface area (Å²) in [6.07, 6.45) is 0. The molecule has 1 aliphatic rings. The maximum absolute atomic E-state index is 3.53. The molecule has 0 spiro atoms. The molecule has 0 fully saturated rings. The molecule has 0 aliphatic carbocycles. The number of rotatable bonds is 0. The number of hydrogen-bond donors (Lipinski definition) is 0. The van der Waals surface area contributed by atoms with Gasteiger partial charge in [-0.3, -0.25) is 0 Å². The standard InChI is InChI=1S/C8H8BrNS/c1-10-5-6-7(9)3-2-4-8(6)11-10/h2-4H,5H2,1H3. The highest BCUT2D eigenvalue weighted by Gasteiger charge is 2.17. The lowest BCUT2D eigenvalue weighted by Gasteiger charge is -2.01. The first-order chi connectivity index (χ1) is 5.27. The molecular formula is C8H8BrNS. The highest BCUT2D eigenvalue weighted by Crippen LogP contribution is 2.37. The summed E-state index contributed by atoms with van der Waals surface area (Å²) in [5.41, 5.74) is 1.42. The molecule has 58 valence electrons. The van der Waals surface area contributed by atoms with Gasteiger partial charge in [0.1, 0.15) is 0 Å².